The SMILES string of the molecule is CC(=O)C1=C(O)CCCC1. The topological polar surface area (TPSA) is 37.3 Å². The fraction of sp³-hybridized carbons (Fsp3) is 0.625. The van der Waals surface area contributed by atoms with Gasteiger partial charge in [-0.2, -0.15) is 0 Å². The number of hydrogen-bond donors (Lipinski definition) is 1. The lowest BCUT2D eigenvalue weighted by Gasteiger charge is -2.12. The Kier molecular flexibility index (Phi) is 2.10. The van der Waals surface area contributed by atoms with Gasteiger partial charge in [-0.3, -0.25) is 4.79 Å². The molecule has 1 N–H and O–H groups in total. The standard InChI is InChI=1S/C8H12O2/c1-6(9)7-4-2-3-5-8(7)10/h10H,2-5H2,1H3. The van der Waals surface area contributed by atoms with Crippen LogP contribution in [-0.4, -0.2) is 10.9 Å². The summed E-state index contributed by atoms with van der Waals surface area (Å²) in [5, 5.41) is 9.20. The molecule has 0 aromatic heterocycles. The van der Waals surface area contributed by atoms with Gasteiger partial charge in [-0.1, -0.05) is 0 Å². The number of carbonyl (C=O) groups excluding carboxylic acids is 1. The van der Waals surface area contributed by atoms with Crippen LogP contribution in [0.1, 0.15) is 32.6 Å². The molecule has 1 aliphatic rings. The van der Waals surface area contributed by atoms with E-state index in [0.717, 1.165) is 19.3 Å². The first-order chi connectivity index (χ1) is 4.72. The van der Waals surface area contributed by atoms with Crippen molar-refractivity contribution in [2.45, 2.75) is 32.6 Å². The van der Waals surface area contributed by atoms with Gasteiger partial charge in [0.1, 0.15) is 0 Å². The second kappa shape index (κ2) is 2.86. The van der Waals surface area contributed by atoms with Crippen LogP contribution in [0.15, 0.2) is 11.3 Å². The van der Waals surface area contributed by atoms with Gasteiger partial charge >= 0.3 is 0 Å². The van der Waals surface area contributed by atoms with Crippen LogP contribution in [0.5, 0.6) is 0 Å². The molecule has 0 spiro atoms. The van der Waals surface area contributed by atoms with Gasteiger partial charge < -0.3 is 5.11 Å². The number of Topliss-reactive ketones (excluding diaryl/α,β-unsaturated/α-hetero) is 1. The minimum absolute atomic E-state index is 0.0252. The summed E-state index contributed by atoms with van der Waals surface area (Å²) in [6, 6.07) is 0. The van der Waals surface area contributed by atoms with E-state index in [1.165, 1.54) is 6.92 Å². The molecule has 0 atom stereocenters. The number of allylic oxidation sites excluding steroid dienone is 2. The predicted octanol–water partition coefficient (Wildman–Crippen LogP) is 1.96. The highest BCUT2D eigenvalue weighted by Crippen LogP contribution is 2.22. The van der Waals surface area contributed by atoms with Crippen LogP contribution in [-0.2, 0) is 4.79 Å². The molecule has 0 saturated carbocycles. The van der Waals surface area contributed by atoms with Gasteiger partial charge in [0.05, 0.1) is 5.76 Å². The summed E-state index contributed by atoms with van der Waals surface area (Å²) in [5.74, 6) is 0.343. The zero-order valence-electron chi connectivity index (χ0n) is 6.18. The Morgan fingerprint density at radius 2 is 2.00 bits per heavy atom. The first-order valence-electron chi connectivity index (χ1n) is 3.63. The molecule has 0 unspecified atom stereocenters. The molecule has 0 heterocycles. The van der Waals surface area contributed by atoms with Crippen LogP contribution < -0.4 is 0 Å². The quantitative estimate of drug-likeness (QED) is 0.604. The van der Waals surface area contributed by atoms with Crippen molar-refractivity contribution in [2.24, 2.45) is 0 Å². The van der Waals surface area contributed by atoms with Crippen molar-refractivity contribution < 1.29 is 9.90 Å². The average Bonchev–Trinajstić information content (AvgIpc) is 1.88. The summed E-state index contributed by atoms with van der Waals surface area (Å²) >= 11 is 0. The monoisotopic (exact) mass is 140 g/mol. The highest BCUT2D eigenvalue weighted by molar-refractivity contribution is 5.93. The van der Waals surface area contributed by atoms with Crippen molar-refractivity contribution in [3.05, 3.63) is 11.3 Å². The van der Waals surface area contributed by atoms with Crippen LogP contribution in [0.2, 0.25) is 0 Å². The first-order valence-corrected chi connectivity index (χ1v) is 3.63. The number of aliphatic hydroxyl groups excluding tert-OH is 1. The lowest BCUT2D eigenvalue weighted by atomic mass is 9.95. The van der Waals surface area contributed by atoms with Crippen molar-refractivity contribution in [1.29, 1.82) is 0 Å². The lowest BCUT2D eigenvalue weighted by molar-refractivity contribution is -0.114. The van der Waals surface area contributed by atoms with E-state index in [1.54, 1.807) is 0 Å². The average molecular weight is 140 g/mol. The van der Waals surface area contributed by atoms with E-state index in [4.69, 9.17) is 0 Å². The van der Waals surface area contributed by atoms with Crippen molar-refractivity contribution in [3.8, 4) is 0 Å². The number of aliphatic hydroxyl groups is 1. The molecule has 0 amide bonds. The second-order valence-electron chi connectivity index (χ2n) is 2.69. The van der Waals surface area contributed by atoms with Gasteiger partial charge in [-0.25, -0.2) is 0 Å². The molecule has 1 rings (SSSR count). The molecule has 56 valence electrons. The van der Waals surface area contributed by atoms with E-state index < -0.39 is 0 Å². The van der Waals surface area contributed by atoms with E-state index >= 15 is 0 Å². The third kappa shape index (κ3) is 1.38. The maximum absolute atomic E-state index is 10.8. The number of ketones is 1. The lowest BCUT2D eigenvalue weighted by Crippen LogP contribution is -2.06. The van der Waals surface area contributed by atoms with Gasteiger partial charge in [0.15, 0.2) is 5.78 Å². The minimum atomic E-state index is 0.0252. The molecule has 0 aliphatic heterocycles. The first kappa shape index (κ1) is 7.32. The summed E-state index contributed by atoms with van der Waals surface area (Å²) < 4.78 is 0. The number of hydrogen-bond acceptors (Lipinski definition) is 2. The summed E-state index contributed by atoms with van der Waals surface area (Å²) in [7, 11) is 0. The Balaban J connectivity index is 2.78. The number of rotatable bonds is 1. The normalized spacial score (nSPS) is 19.3. The van der Waals surface area contributed by atoms with Crippen molar-refractivity contribution in [2.75, 3.05) is 0 Å². The Morgan fingerprint density at radius 1 is 1.40 bits per heavy atom. The summed E-state index contributed by atoms with van der Waals surface area (Å²) in [6.07, 6.45) is 3.51. The van der Waals surface area contributed by atoms with E-state index in [1.807, 2.05) is 0 Å². The summed E-state index contributed by atoms with van der Waals surface area (Å²) in [6.45, 7) is 1.51. The van der Waals surface area contributed by atoms with Gasteiger partial charge in [0, 0.05) is 12.0 Å². The fourth-order valence-electron chi connectivity index (χ4n) is 1.27. The highest BCUT2D eigenvalue weighted by Gasteiger charge is 2.14. The summed E-state index contributed by atoms with van der Waals surface area (Å²) in [5.41, 5.74) is 0.645. The van der Waals surface area contributed by atoms with Crippen LogP contribution in [0.3, 0.4) is 0 Å². The zero-order valence-corrected chi connectivity index (χ0v) is 6.18. The van der Waals surface area contributed by atoms with Crippen LogP contribution in [0, 0.1) is 0 Å². The molecule has 0 aromatic carbocycles. The molecule has 0 radical (unpaired) electrons. The third-order valence-electron chi connectivity index (χ3n) is 1.86. The smallest absolute Gasteiger partial charge is 0.159 e. The fourth-order valence-corrected chi connectivity index (χ4v) is 1.27. The molecule has 0 saturated heterocycles. The Morgan fingerprint density at radius 3 is 2.40 bits per heavy atom. The van der Waals surface area contributed by atoms with Gasteiger partial charge in [-0.05, 0) is 26.2 Å². The molecule has 2 heteroatoms. The molecular formula is C8H12O2. The second-order valence-corrected chi connectivity index (χ2v) is 2.69. The predicted molar refractivity (Wildman–Crippen MR) is 38.8 cm³/mol. The van der Waals surface area contributed by atoms with Crippen LogP contribution in [0.25, 0.3) is 0 Å². The largest absolute Gasteiger partial charge is 0.512 e. The van der Waals surface area contributed by atoms with Gasteiger partial charge in [0.2, 0.25) is 0 Å². The Hall–Kier alpha value is -0.790. The van der Waals surface area contributed by atoms with Crippen molar-refractivity contribution >= 4 is 5.78 Å². The van der Waals surface area contributed by atoms with Crippen LogP contribution in [0.4, 0.5) is 0 Å². The molecule has 2 nitrogen and oxygen atoms in total. The zero-order chi connectivity index (χ0) is 7.56. The Bertz CT molecular complexity index is 180. The van der Waals surface area contributed by atoms with E-state index in [-0.39, 0.29) is 5.78 Å². The Labute approximate surface area is 60.6 Å². The minimum Gasteiger partial charge on any atom is -0.512 e. The highest BCUT2D eigenvalue weighted by atomic mass is 16.3. The molecule has 0 bridgehead atoms. The van der Waals surface area contributed by atoms with Crippen molar-refractivity contribution in [1.82, 2.24) is 0 Å². The van der Waals surface area contributed by atoms with Crippen molar-refractivity contribution in [3.63, 3.8) is 0 Å². The maximum atomic E-state index is 10.8. The molecular weight excluding hydrogens is 128 g/mol. The van der Waals surface area contributed by atoms with Gasteiger partial charge in [-0.15, -0.1) is 0 Å². The van der Waals surface area contributed by atoms with E-state index in [2.05, 4.69) is 0 Å². The molecule has 0 fully saturated rings. The third-order valence-corrected chi connectivity index (χ3v) is 1.86. The van der Waals surface area contributed by atoms with Gasteiger partial charge in [0.25, 0.3) is 0 Å². The molecule has 0 aromatic rings. The molecule has 10 heavy (non-hydrogen) atoms. The summed E-state index contributed by atoms with van der Waals surface area (Å²) in [4.78, 5) is 10.8. The maximum Gasteiger partial charge on any atom is 0.159 e. The molecule has 1 aliphatic carbocycles. The van der Waals surface area contributed by atoms with E-state index in [9.17, 15) is 9.90 Å². The van der Waals surface area contributed by atoms with Crippen LogP contribution >= 0.6 is 0 Å². The van der Waals surface area contributed by atoms with E-state index in [0.29, 0.717) is 17.8 Å². The number of carbonyl (C=O) groups is 1.